The highest BCUT2D eigenvalue weighted by Crippen LogP contribution is 2.50. The first-order valence-electron chi connectivity index (χ1n) is 14.2. The summed E-state index contributed by atoms with van der Waals surface area (Å²) in [6.45, 7) is 7.91. The number of amides is 1. The minimum absolute atomic E-state index is 0.0538. The molecule has 1 aromatic carbocycles. The molecule has 3 fully saturated rings. The summed E-state index contributed by atoms with van der Waals surface area (Å²) in [4.78, 5) is 25.1. The van der Waals surface area contributed by atoms with Crippen molar-refractivity contribution in [2.45, 2.75) is 57.9 Å². The third-order valence-electron chi connectivity index (χ3n) is 8.63. The van der Waals surface area contributed by atoms with Crippen molar-refractivity contribution in [3.63, 3.8) is 0 Å². The van der Waals surface area contributed by atoms with Gasteiger partial charge in [-0.3, -0.25) is 4.79 Å². The third-order valence-corrected chi connectivity index (χ3v) is 8.63. The first-order valence-corrected chi connectivity index (χ1v) is 14.2. The number of anilines is 1. The van der Waals surface area contributed by atoms with E-state index in [2.05, 4.69) is 33.9 Å². The number of carbonyl (C=O) groups excluding carboxylic acids is 1. The second kappa shape index (κ2) is 11.0. The molecule has 208 valence electrons. The van der Waals surface area contributed by atoms with Crippen LogP contribution >= 0.6 is 0 Å². The Hall–Kier alpha value is -3.43. The van der Waals surface area contributed by atoms with Gasteiger partial charge in [0.25, 0.3) is 0 Å². The number of ether oxygens (including phenoxy) is 1. The number of aromatic nitrogens is 4. The van der Waals surface area contributed by atoms with E-state index in [-0.39, 0.29) is 30.1 Å². The van der Waals surface area contributed by atoms with Crippen molar-refractivity contribution >= 4 is 11.9 Å². The predicted octanol–water partition coefficient (Wildman–Crippen LogP) is 4.48. The van der Waals surface area contributed by atoms with Crippen LogP contribution in [-0.4, -0.2) is 63.3 Å². The molecule has 6 rings (SSSR count). The van der Waals surface area contributed by atoms with E-state index in [0.29, 0.717) is 42.9 Å². The predicted molar refractivity (Wildman–Crippen MR) is 143 cm³/mol. The van der Waals surface area contributed by atoms with Crippen LogP contribution in [0.4, 0.5) is 10.4 Å². The Morgan fingerprint density at radius 3 is 2.74 bits per heavy atom. The molecule has 1 aliphatic carbocycles. The monoisotopic (exact) mass is 536 g/mol. The largest absolute Gasteiger partial charge is 0.493 e. The lowest BCUT2D eigenvalue weighted by Gasteiger charge is -2.39. The zero-order valence-electron chi connectivity index (χ0n) is 22.7. The SMILES string of the molecule is CC(C)c1noc(N2CCC(C3CC3CCOc3ccc(CC(=O)N4CC(n5ccnc5)C4)c(F)c3)CC2)n1. The molecule has 10 heteroatoms. The van der Waals surface area contributed by atoms with E-state index in [1.807, 2.05) is 10.8 Å². The molecular formula is C29H37FN6O3. The lowest BCUT2D eigenvalue weighted by atomic mass is 9.90. The Balaban J connectivity index is 0.896. The molecule has 2 aromatic heterocycles. The van der Waals surface area contributed by atoms with Gasteiger partial charge in [0.1, 0.15) is 11.6 Å². The number of nitrogens with zero attached hydrogens (tertiary/aromatic N) is 6. The Morgan fingerprint density at radius 2 is 2.05 bits per heavy atom. The van der Waals surface area contributed by atoms with Gasteiger partial charge >= 0.3 is 6.01 Å². The van der Waals surface area contributed by atoms with Gasteiger partial charge < -0.3 is 23.6 Å². The summed E-state index contributed by atoms with van der Waals surface area (Å²) in [5.74, 6) is 3.29. The number of halogens is 1. The zero-order valence-corrected chi connectivity index (χ0v) is 22.7. The fraction of sp³-hybridized carbons (Fsp3) is 0.586. The van der Waals surface area contributed by atoms with Gasteiger partial charge in [-0.05, 0) is 55.1 Å². The topological polar surface area (TPSA) is 89.5 Å². The standard InChI is InChI=1S/C29H37FN6O3/c1-19(2)28-32-29(39-33-28)34-9-5-20(6-10-34)25-13-21(25)7-12-38-24-4-3-22(26(30)15-24)14-27(37)36-16-23(17-36)35-11-8-31-18-35/h3-4,8,11,15,18-21,23,25H,5-7,9-10,12-14,16-17H2,1-2H3. The van der Waals surface area contributed by atoms with Crippen LogP contribution < -0.4 is 9.64 Å². The van der Waals surface area contributed by atoms with E-state index in [1.54, 1.807) is 29.6 Å². The highest BCUT2D eigenvalue weighted by atomic mass is 19.1. The van der Waals surface area contributed by atoms with Crippen LogP contribution in [0.25, 0.3) is 0 Å². The second-order valence-electron chi connectivity index (χ2n) is 11.6. The number of rotatable bonds is 10. The van der Waals surface area contributed by atoms with E-state index in [9.17, 15) is 9.18 Å². The molecule has 0 spiro atoms. The van der Waals surface area contributed by atoms with Crippen LogP contribution in [0.2, 0.25) is 0 Å². The normalized spacial score (nSPS) is 21.8. The average molecular weight is 537 g/mol. The van der Waals surface area contributed by atoms with Crippen molar-refractivity contribution in [1.29, 1.82) is 0 Å². The third kappa shape index (κ3) is 5.79. The molecule has 2 unspecified atom stereocenters. The lowest BCUT2D eigenvalue weighted by Crippen LogP contribution is -2.51. The number of imidazole rings is 1. The Kier molecular flexibility index (Phi) is 7.27. The zero-order chi connectivity index (χ0) is 26.9. The van der Waals surface area contributed by atoms with Crippen LogP contribution in [-0.2, 0) is 11.2 Å². The summed E-state index contributed by atoms with van der Waals surface area (Å²) in [7, 11) is 0. The molecule has 1 amide bonds. The Bertz CT molecular complexity index is 1260. The molecule has 2 saturated heterocycles. The summed E-state index contributed by atoms with van der Waals surface area (Å²) in [6.07, 6.45) is 10.00. The molecule has 0 radical (unpaired) electrons. The van der Waals surface area contributed by atoms with E-state index < -0.39 is 0 Å². The quantitative estimate of drug-likeness (QED) is 0.378. The molecule has 4 heterocycles. The fourth-order valence-electron chi connectivity index (χ4n) is 5.99. The highest BCUT2D eigenvalue weighted by Gasteiger charge is 2.43. The van der Waals surface area contributed by atoms with E-state index in [0.717, 1.165) is 50.0 Å². The summed E-state index contributed by atoms with van der Waals surface area (Å²) in [6, 6.07) is 5.77. The molecule has 0 bridgehead atoms. The van der Waals surface area contributed by atoms with Gasteiger partial charge in [0, 0.05) is 50.6 Å². The molecule has 39 heavy (non-hydrogen) atoms. The molecule has 0 N–H and O–H groups in total. The second-order valence-corrected chi connectivity index (χ2v) is 11.6. The maximum Gasteiger partial charge on any atom is 0.324 e. The van der Waals surface area contributed by atoms with Crippen LogP contribution in [0.3, 0.4) is 0 Å². The molecule has 2 atom stereocenters. The smallest absolute Gasteiger partial charge is 0.324 e. The van der Waals surface area contributed by atoms with Crippen LogP contribution in [0, 0.1) is 23.6 Å². The maximum absolute atomic E-state index is 14.7. The molecule has 2 aliphatic heterocycles. The Labute approximate surface area is 228 Å². The summed E-state index contributed by atoms with van der Waals surface area (Å²) < 4.78 is 28.1. The van der Waals surface area contributed by atoms with Gasteiger partial charge in [0.05, 0.1) is 25.4 Å². The van der Waals surface area contributed by atoms with E-state index in [1.165, 1.54) is 12.5 Å². The van der Waals surface area contributed by atoms with Gasteiger partial charge in [-0.15, -0.1) is 0 Å². The number of benzene rings is 1. The van der Waals surface area contributed by atoms with Crippen molar-refractivity contribution in [3.05, 3.63) is 54.1 Å². The summed E-state index contributed by atoms with van der Waals surface area (Å²) in [5, 5.41) is 4.09. The van der Waals surface area contributed by atoms with Crippen LogP contribution in [0.5, 0.6) is 5.75 Å². The number of piperidine rings is 1. The highest BCUT2D eigenvalue weighted by molar-refractivity contribution is 5.79. The van der Waals surface area contributed by atoms with Crippen LogP contribution in [0.15, 0.2) is 41.4 Å². The summed E-state index contributed by atoms with van der Waals surface area (Å²) in [5.41, 5.74) is 0.410. The fourth-order valence-corrected chi connectivity index (χ4v) is 5.99. The van der Waals surface area contributed by atoms with Crippen LogP contribution in [0.1, 0.15) is 62.9 Å². The average Bonchev–Trinajstić information content (AvgIpc) is 3.26. The van der Waals surface area contributed by atoms with Gasteiger partial charge in [-0.25, -0.2) is 9.37 Å². The summed E-state index contributed by atoms with van der Waals surface area (Å²) >= 11 is 0. The number of likely N-dealkylation sites (tertiary alicyclic amines) is 1. The maximum atomic E-state index is 14.7. The number of hydrogen-bond donors (Lipinski definition) is 0. The van der Waals surface area contributed by atoms with Crippen molar-refractivity contribution in [3.8, 4) is 5.75 Å². The van der Waals surface area contributed by atoms with Crippen molar-refractivity contribution in [1.82, 2.24) is 24.6 Å². The molecule has 3 aromatic rings. The first kappa shape index (κ1) is 25.8. The van der Waals surface area contributed by atoms with Gasteiger partial charge in [-0.1, -0.05) is 25.1 Å². The number of hydrogen-bond acceptors (Lipinski definition) is 7. The Morgan fingerprint density at radius 1 is 1.23 bits per heavy atom. The molecule has 1 saturated carbocycles. The van der Waals surface area contributed by atoms with Crippen molar-refractivity contribution in [2.24, 2.45) is 17.8 Å². The van der Waals surface area contributed by atoms with E-state index in [4.69, 9.17) is 9.26 Å². The minimum Gasteiger partial charge on any atom is -0.493 e. The lowest BCUT2D eigenvalue weighted by molar-refractivity contribution is -0.136. The first-order chi connectivity index (χ1) is 18.9. The molecular weight excluding hydrogens is 499 g/mol. The van der Waals surface area contributed by atoms with Gasteiger partial charge in [0.2, 0.25) is 5.91 Å². The van der Waals surface area contributed by atoms with Crippen molar-refractivity contribution < 1.29 is 18.4 Å². The molecule has 3 aliphatic rings. The molecule has 9 nitrogen and oxygen atoms in total. The van der Waals surface area contributed by atoms with Gasteiger partial charge in [-0.2, -0.15) is 4.98 Å². The van der Waals surface area contributed by atoms with Gasteiger partial charge in [0.15, 0.2) is 5.82 Å². The minimum atomic E-state index is -0.384. The number of carbonyl (C=O) groups is 1. The van der Waals surface area contributed by atoms with Crippen molar-refractivity contribution in [2.75, 3.05) is 37.7 Å². The van der Waals surface area contributed by atoms with E-state index >= 15 is 0 Å².